The van der Waals surface area contributed by atoms with Gasteiger partial charge in [0.2, 0.25) is 0 Å². The van der Waals surface area contributed by atoms with E-state index in [-0.39, 0.29) is 28.3 Å². The summed E-state index contributed by atoms with van der Waals surface area (Å²) in [4.78, 5) is 16.9. The maximum Gasteiger partial charge on any atom is 0.416 e. The third kappa shape index (κ3) is 4.72. The highest BCUT2D eigenvalue weighted by molar-refractivity contribution is 6.30. The van der Waals surface area contributed by atoms with Gasteiger partial charge < -0.3 is 15.4 Å². The molecule has 2 amide bonds. The number of aromatic nitrogens is 1. The van der Waals surface area contributed by atoms with Crippen molar-refractivity contribution in [3.8, 4) is 5.75 Å². The predicted octanol–water partition coefficient (Wildman–Crippen LogP) is 6.54. The number of nitrogens with one attached hydrogen (secondary N) is 2. The molecule has 5 nitrogen and oxygen atoms in total. The van der Waals surface area contributed by atoms with Gasteiger partial charge in [0.15, 0.2) is 5.60 Å². The summed E-state index contributed by atoms with van der Waals surface area (Å²) in [7, 11) is 0. The van der Waals surface area contributed by atoms with Crippen LogP contribution in [0.3, 0.4) is 0 Å². The number of anilines is 1. The van der Waals surface area contributed by atoms with Crippen LogP contribution in [-0.4, -0.2) is 30.0 Å². The number of halogens is 6. The number of carbonyl (C=O) groups excluding carboxylic acids is 1. The van der Waals surface area contributed by atoms with Gasteiger partial charge in [0.25, 0.3) is 0 Å². The summed E-state index contributed by atoms with van der Waals surface area (Å²) < 4.78 is 73.2. The third-order valence-electron chi connectivity index (χ3n) is 5.59. The molecule has 34 heavy (non-hydrogen) atoms. The Labute approximate surface area is 196 Å². The zero-order valence-electron chi connectivity index (χ0n) is 17.8. The van der Waals surface area contributed by atoms with Gasteiger partial charge in [-0.05, 0) is 37.3 Å². The molecule has 0 bridgehead atoms. The van der Waals surface area contributed by atoms with Gasteiger partial charge in [-0.25, -0.2) is 13.6 Å². The number of carbonyl (C=O) groups is 1. The van der Waals surface area contributed by atoms with Crippen molar-refractivity contribution in [1.29, 1.82) is 0 Å². The Morgan fingerprint density at radius 2 is 1.94 bits per heavy atom. The Kier molecular flexibility index (Phi) is 6.28. The molecule has 2 heterocycles. The average Bonchev–Trinajstić information content (AvgIpc) is 2.78. The lowest BCUT2D eigenvalue weighted by Crippen LogP contribution is -2.49. The first-order chi connectivity index (χ1) is 16.0. The summed E-state index contributed by atoms with van der Waals surface area (Å²) in [6.07, 6.45) is -3.58. The number of ether oxygens (including phenoxy) is 1. The lowest BCUT2D eigenvalue weighted by atomic mass is 9.88. The molecule has 0 radical (unpaired) electrons. The monoisotopic (exact) mass is 499 g/mol. The molecule has 0 fully saturated rings. The maximum atomic E-state index is 13.7. The Hall–Kier alpha value is -3.14. The molecule has 0 spiro atoms. The Balaban J connectivity index is 1.67. The van der Waals surface area contributed by atoms with Crippen LogP contribution in [0.5, 0.6) is 5.75 Å². The van der Waals surface area contributed by atoms with Gasteiger partial charge in [0.05, 0.1) is 17.3 Å². The molecule has 0 unspecified atom stereocenters. The zero-order valence-corrected chi connectivity index (χ0v) is 18.5. The molecule has 1 aliphatic heterocycles. The highest BCUT2D eigenvalue weighted by Crippen LogP contribution is 2.42. The van der Waals surface area contributed by atoms with Crippen molar-refractivity contribution < 1.29 is 31.5 Å². The molecule has 1 atom stereocenters. The predicted molar refractivity (Wildman–Crippen MR) is 118 cm³/mol. The van der Waals surface area contributed by atoms with E-state index in [1.54, 1.807) is 19.1 Å². The van der Waals surface area contributed by atoms with Gasteiger partial charge in [0.1, 0.15) is 19.1 Å². The zero-order chi connectivity index (χ0) is 24.7. The average molecular weight is 500 g/mol. The fourth-order valence-corrected chi connectivity index (χ4v) is 4.08. The molecule has 2 aromatic carbocycles. The molecule has 0 saturated heterocycles. The highest BCUT2D eigenvalue weighted by atomic mass is 35.5. The number of urea groups is 1. The second kappa shape index (κ2) is 8.90. The second-order valence-corrected chi connectivity index (χ2v) is 8.59. The molecule has 1 aliphatic rings. The van der Waals surface area contributed by atoms with Crippen LogP contribution in [0.1, 0.15) is 29.3 Å². The molecular weight excluding hydrogens is 481 g/mol. The van der Waals surface area contributed by atoms with Gasteiger partial charge in [-0.2, -0.15) is 13.2 Å². The minimum absolute atomic E-state index is 0.0848. The molecule has 180 valence electrons. The number of benzene rings is 2. The number of nitrogens with zero attached hydrogens (tertiary/aromatic N) is 1. The third-order valence-corrected chi connectivity index (χ3v) is 5.83. The fraction of sp³-hybridized carbons (Fsp3) is 0.304. The van der Waals surface area contributed by atoms with Gasteiger partial charge in [0, 0.05) is 39.7 Å². The molecular formula is C23H19ClF5N3O2. The van der Waals surface area contributed by atoms with Crippen LogP contribution in [0.2, 0.25) is 5.02 Å². The number of aryl methyl sites for hydroxylation is 1. The summed E-state index contributed by atoms with van der Waals surface area (Å²) in [6.45, 7) is -0.641. The van der Waals surface area contributed by atoms with Crippen LogP contribution >= 0.6 is 11.6 Å². The minimum Gasteiger partial charge on any atom is -0.481 e. The number of hydrogen-bond acceptors (Lipinski definition) is 3. The van der Waals surface area contributed by atoms with E-state index < -0.39 is 42.8 Å². The normalized spacial score (nSPS) is 17.1. The van der Waals surface area contributed by atoms with Gasteiger partial charge in [-0.1, -0.05) is 17.7 Å². The van der Waals surface area contributed by atoms with Crippen LogP contribution in [0.25, 0.3) is 10.8 Å². The van der Waals surface area contributed by atoms with E-state index in [1.807, 2.05) is 0 Å². The minimum atomic E-state index is -4.65. The van der Waals surface area contributed by atoms with Gasteiger partial charge >= 0.3 is 12.2 Å². The first-order valence-corrected chi connectivity index (χ1v) is 10.6. The van der Waals surface area contributed by atoms with Crippen molar-refractivity contribution in [2.75, 3.05) is 18.7 Å². The lowest BCUT2D eigenvalue weighted by Gasteiger charge is -2.39. The van der Waals surface area contributed by atoms with Crippen molar-refractivity contribution in [3.63, 3.8) is 0 Å². The molecule has 0 saturated carbocycles. The maximum absolute atomic E-state index is 13.7. The van der Waals surface area contributed by atoms with Crippen molar-refractivity contribution in [3.05, 3.63) is 64.4 Å². The lowest BCUT2D eigenvalue weighted by molar-refractivity contribution is -0.137. The smallest absolute Gasteiger partial charge is 0.416 e. The number of rotatable bonds is 4. The summed E-state index contributed by atoms with van der Waals surface area (Å²) in [5.74, 6) is 0.116. The number of hydrogen-bond donors (Lipinski definition) is 2. The first kappa shape index (κ1) is 24.0. The quantitative estimate of drug-likeness (QED) is 0.401. The largest absolute Gasteiger partial charge is 0.481 e. The molecule has 11 heteroatoms. The van der Waals surface area contributed by atoms with E-state index >= 15 is 0 Å². The molecule has 2 N–H and O–H groups in total. The van der Waals surface area contributed by atoms with Crippen LogP contribution in [0, 0.1) is 6.92 Å². The van der Waals surface area contributed by atoms with Crippen LogP contribution in [0.15, 0.2) is 42.6 Å². The highest BCUT2D eigenvalue weighted by Gasteiger charge is 2.42. The van der Waals surface area contributed by atoms with E-state index in [2.05, 4.69) is 15.6 Å². The van der Waals surface area contributed by atoms with Crippen LogP contribution < -0.4 is 15.4 Å². The molecule has 3 aromatic rings. The summed E-state index contributed by atoms with van der Waals surface area (Å²) in [6, 6.07) is 6.06. The molecule has 1 aromatic heterocycles. The van der Waals surface area contributed by atoms with Gasteiger partial charge in [-0.15, -0.1) is 0 Å². The topological polar surface area (TPSA) is 63.2 Å². The summed E-state index contributed by atoms with van der Waals surface area (Å²) >= 11 is 5.97. The van der Waals surface area contributed by atoms with E-state index in [0.29, 0.717) is 16.6 Å². The van der Waals surface area contributed by atoms with Crippen molar-refractivity contribution in [2.24, 2.45) is 0 Å². The van der Waals surface area contributed by atoms with Gasteiger partial charge in [-0.3, -0.25) is 4.98 Å². The summed E-state index contributed by atoms with van der Waals surface area (Å²) in [5.41, 5.74) is -1.88. The number of alkyl halides is 5. The number of amides is 2. The summed E-state index contributed by atoms with van der Waals surface area (Å²) in [5, 5.41) is 5.87. The van der Waals surface area contributed by atoms with E-state index in [0.717, 1.165) is 12.1 Å². The fourth-order valence-electron chi connectivity index (χ4n) is 3.91. The van der Waals surface area contributed by atoms with E-state index in [9.17, 15) is 26.7 Å². The van der Waals surface area contributed by atoms with E-state index in [1.165, 1.54) is 18.3 Å². The van der Waals surface area contributed by atoms with Crippen LogP contribution in [0.4, 0.5) is 32.4 Å². The van der Waals surface area contributed by atoms with Crippen molar-refractivity contribution in [2.45, 2.75) is 31.2 Å². The SMILES string of the molecule is Cc1cc2c(NC(=O)N[C@@H]3CC(CF)(CF)Oc4cc(Cl)ccc43)cc(C(F)(F)F)cc2cn1. The second-order valence-electron chi connectivity index (χ2n) is 8.16. The Morgan fingerprint density at radius 1 is 1.21 bits per heavy atom. The standard InChI is InChI=1S/C23H19ClF5N3O2/c1-12-4-17-13(9-30-12)5-14(23(27,28)29)6-18(17)31-21(33)32-19-8-22(10-25,11-26)34-20-7-15(24)2-3-16(19)20/h2-7,9,19H,8,10-11H2,1H3,(H2,31,32,33)/t19-/m1/s1. The first-order valence-electron chi connectivity index (χ1n) is 10.2. The Bertz CT molecular complexity index is 1250. The van der Waals surface area contributed by atoms with Crippen LogP contribution in [-0.2, 0) is 6.18 Å². The van der Waals surface area contributed by atoms with Crippen molar-refractivity contribution >= 4 is 34.1 Å². The van der Waals surface area contributed by atoms with Crippen molar-refractivity contribution in [1.82, 2.24) is 10.3 Å². The number of fused-ring (bicyclic) bond motifs is 2. The Morgan fingerprint density at radius 3 is 2.62 bits per heavy atom. The molecule has 4 rings (SSSR count). The molecule has 0 aliphatic carbocycles. The van der Waals surface area contributed by atoms with E-state index in [4.69, 9.17) is 16.3 Å². The number of pyridine rings is 1.